The first-order valence-corrected chi connectivity index (χ1v) is 5.86. The normalized spacial score (nSPS) is 10.7. The van der Waals surface area contributed by atoms with Gasteiger partial charge in [0, 0.05) is 5.69 Å². The summed E-state index contributed by atoms with van der Waals surface area (Å²) in [6, 6.07) is 6.03. The second-order valence-electron chi connectivity index (χ2n) is 4.25. The highest BCUT2D eigenvalue weighted by molar-refractivity contribution is 5.76. The maximum absolute atomic E-state index is 12.1. The zero-order valence-electron chi connectivity index (χ0n) is 11.2. The Balaban J connectivity index is 2.44. The van der Waals surface area contributed by atoms with E-state index >= 15 is 0 Å². The largest absolute Gasteiger partial charge is 0.433 e. The van der Waals surface area contributed by atoms with Crippen molar-refractivity contribution in [3.8, 4) is 6.07 Å². The summed E-state index contributed by atoms with van der Waals surface area (Å²) in [5.41, 5.74) is 0.560. The molecule has 2 aromatic heterocycles. The maximum Gasteiger partial charge on any atom is 0.433 e. The van der Waals surface area contributed by atoms with Gasteiger partial charge in [0.05, 0.1) is 12.3 Å². The van der Waals surface area contributed by atoms with Gasteiger partial charge in [0.2, 0.25) is 0 Å². The fourth-order valence-corrected chi connectivity index (χ4v) is 1.79. The Labute approximate surface area is 118 Å². The molecule has 2 aromatic rings. The van der Waals surface area contributed by atoms with Crippen LogP contribution in [0.5, 0.6) is 0 Å². The van der Waals surface area contributed by atoms with E-state index in [0.29, 0.717) is 11.3 Å². The highest BCUT2D eigenvalue weighted by Crippen LogP contribution is 2.14. The molecule has 0 fully saturated rings. The molecule has 2 rings (SSSR count). The van der Waals surface area contributed by atoms with Crippen LogP contribution in [0.25, 0.3) is 0 Å². The fraction of sp³-hybridized carbons (Fsp3) is 0.154. The van der Waals surface area contributed by atoms with Gasteiger partial charge in [-0.25, -0.2) is 4.68 Å². The van der Waals surface area contributed by atoms with Crippen molar-refractivity contribution >= 4 is 12.1 Å². The minimum Gasteiger partial charge on any atom is -0.400 e. The summed E-state index contributed by atoms with van der Waals surface area (Å²) in [4.78, 5) is 21.9. The number of pyridine rings is 1. The van der Waals surface area contributed by atoms with E-state index in [2.05, 4.69) is 5.10 Å². The van der Waals surface area contributed by atoms with Crippen molar-refractivity contribution in [1.29, 1.82) is 5.26 Å². The Morgan fingerprint density at radius 3 is 2.76 bits per heavy atom. The minimum atomic E-state index is -0.672. The van der Waals surface area contributed by atoms with Crippen LogP contribution in [0.4, 0.5) is 5.88 Å². The fourth-order valence-electron chi connectivity index (χ4n) is 1.79. The van der Waals surface area contributed by atoms with E-state index in [-0.39, 0.29) is 11.3 Å². The molecule has 0 aliphatic rings. The first-order chi connectivity index (χ1) is 9.93. The minimum absolute atomic E-state index is 0.00294. The van der Waals surface area contributed by atoms with Crippen molar-refractivity contribution in [3.63, 3.8) is 0 Å². The lowest BCUT2D eigenvalue weighted by Crippen LogP contribution is -2.22. The van der Waals surface area contributed by atoms with Gasteiger partial charge in [0.15, 0.2) is 5.76 Å². The van der Waals surface area contributed by atoms with Crippen molar-refractivity contribution < 1.29 is 9.34 Å². The van der Waals surface area contributed by atoms with Crippen LogP contribution in [0.3, 0.4) is 0 Å². The Bertz CT molecular complexity index is 839. The lowest BCUT2D eigenvalue weighted by Gasteiger charge is -2.05. The topological polar surface area (TPSA) is 114 Å². The molecule has 0 atom stereocenters. The van der Waals surface area contributed by atoms with Crippen LogP contribution in [0.15, 0.2) is 32.5 Å². The van der Waals surface area contributed by atoms with Gasteiger partial charge in [-0.05, 0) is 31.5 Å². The molecule has 0 spiro atoms. The standard InChI is InChI=1S/C13H10N4O4/c1-8-5-9(2)16(13(18)11(8)6-14)15-7-10-3-4-12(21-10)17(19)20/h3-5,7H,1-2H3/b15-7-. The second kappa shape index (κ2) is 5.42. The molecule has 2 heterocycles. The molecule has 0 unspecified atom stereocenters. The molecular formula is C13H10N4O4. The van der Waals surface area contributed by atoms with Gasteiger partial charge in [-0.3, -0.25) is 14.9 Å². The molecule has 106 valence electrons. The maximum atomic E-state index is 12.1. The van der Waals surface area contributed by atoms with Gasteiger partial charge in [0.1, 0.15) is 16.6 Å². The molecule has 0 saturated carbocycles. The van der Waals surface area contributed by atoms with Crippen LogP contribution in [-0.4, -0.2) is 15.8 Å². The van der Waals surface area contributed by atoms with Crippen LogP contribution in [0.2, 0.25) is 0 Å². The van der Waals surface area contributed by atoms with Crippen LogP contribution in [0.1, 0.15) is 22.6 Å². The van der Waals surface area contributed by atoms with Crippen molar-refractivity contribution in [2.45, 2.75) is 13.8 Å². The average Bonchev–Trinajstić information content (AvgIpc) is 2.87. The van der Waals surface area contributed by atoms with E-state index < -0.39 is 16.4 Å². The zero-order valence-corrected chi connectivity index (χ0v) is 11.2. The number of aryl methyl sites for hydroxylation is 2. The molecular weight excluding hydrogens is 276 g/mol. The van der Waals surface area contributed by atoms with Gasteiger partial charge in [-0.1, -0.05) is 0 Å². The molecule has 0 aliphatic heterocycles. The van der Waals surface area contributed by atoms with E-state index in [4.69, 9.17) is 9.68 Å². The molecule has 0 aromatic carbocycles. The summed E-state index contributed by atoms with van der Waals surface area (Å²) in [5.74, 6) is -0.283. The van der Waals surface area contributed by atoms with Gasteiger partial charge in [-0.2, -0.15) is 10.4 Å². The molecule has 21 heavy (non-hydrogen) atoms. The Kier molecular flexibility index (Phi) is 3.67. The number of nitrogens with zero attached hydrogens (tertiary/aromatic N) is 4. The monoisotopic (exact) mass is 286 g/mol. The van der Waals surface area contributed by atoms with Gasteiger partial charge in [-0.15, -0.1) is 0 Å². The van der Waals surface area contributed by atoms with Crippen LogP contribution in [-0.2, 0) is 0 Å². The number of rotatable bonds is 3. The SMILES string of the molecule is Cc1cc(C)n(/N=C\c2ccc([N+](=O)[O-])o2)c(=O)c1C#N. The first kappa shape index (κ1) is 14.2. The molecule has 0 aliphatic carbocycles. The highest BCUT2D eigenvalue weighted by Gasteiger charge is 2.11. The van der Waals surface area contributed by atoms with E-state index in [1.54, 1.807) is 19.9 Å². The van der Waals surface area contributed by atoms with Crippen molar-refractivity contribution in [2.24, 2.45) is 5.10 Å². The van der Waals surface area contributed by atoms with Crippen LogP contribution < -0.4 is 5.56 Å². The van der Waals surface area contributed by atoms with Gasteiger partial charge >= 0.3 is 5.88 Å². The van der Waals surface area contributed by atoms with Crippen LogP contribution in [0, 0.1) is 35.3 Å². The highest BCUT2D eigenvalue weighted by atomic mass is 16.6. The third-order valence-electron chi connectivity index (χ3n) is 2.76. The Hall–Kier alpha value is -3.21. The Morgan fingerprint density at radius 2 is 2.19 bits per heavy atom. The number of furan rings is 1. The number of nitriles is 1. The zero-order chi connectivity index (χ0) is 15.6. The quantitative estimate of drug-likeness (QED) is 0.484. The summed E-state index contributed by atoms with van der Waals surface area (Å²) in [5, 5.41) is 23.4. The van der Waals surface area contributed by atoms with E-state index in [1.165, 1.54) is 18.3 Å². The third kappa shape index (κ3) is 2.71. The molecule has 8 heteroatoms. The number of hydrogen-bond acceptors (Lipinski definition) is 6. The Morgan fingerprint density at radius 1 is 1.48 bits per heavy atom. The summed E-state index contributed by atoms with van der Waals surface area (Å²) in [7, 11) is 0. The lowest BCUT2D eigenvalue weighted by atomic mass is 10.1. The average molecular weight is 286 g/mol. The summed E-state index contributed by atoms with van der Waals surface area (Å²) in [6.45, 7) is 3.33. The molecule has 0 saturated heterocycles. The number of hydrogen-bond donors (Lipinski definition) is 0. The van der Waals surface area contributed by atoms with Crippen molar-refractivity contribution in [3.05, 3.63) is 61.2 Å². The predicted octanol–water partition coefficient (Wildman–Crippen LogP) is 1.72. The third-order valence-corrected chi connectivity index (χ3v) is 2.76. The summed E-state index contributed by atoms with van der Waals surface area (Å²) in [6.07, 6.45) is 1.18. The smallest absolute Gasteiger partial charge is 0.400 e. The van der Waals surface area contributed by atoms with Gasteiger partial charge < -0.3 is 4.42 Å². The van der Waals surface area contributed by atoms with E-state index in [0.717, 1.165) is 4.68 Å². The van der Waals surface area contributed by atoms with Crippen molar-refractivity contribution in [2.75, 3.05) is 0 Å². The number of aromatic nitrogens is 1. The van der Waals surface area contributed by atoms with E-state index in [1.807, 2.05) is 6.07 Å². The molecule has 0 bridgehead atoms. The van der Waals surface area contributed by atoms with Crippen LogP contribution >= 0.6 is 0 Å². The van der Waals surface area contributed by atoms with E-state index in [9.17, 15) is 14.9 Å². The predicted molar refractivity (Wildman–Crippen MR) is 73.2 cm³/mol. The van der Waals surface area contributed by atoms with Gasteiger partial charge in [0.25, 0.3) is 5.56 Å². The molecule has 0 N–H and O–H groups in total. The molecule has 0 amide bonds. The summed E-state index contributed by atoms with van der Waals surface area (Å²) >= 11 is 0. The number of nitro groups is 1. The molecule has 0 radical (unpaired) electrons. The van der Waals surface area contributed by atoms with Crippen molar-refractivity contribution in [1.82, 2.24) is 4.68 Å². The summed E-state index contributed by atoms with van der Waals surface area (Å²) < 4.78 is 5.94. The second-order valence-corrected chi connectivity index (χ2v) is 4.25. The lowest BCUT2D eigenvalue weighted by molar-refractivity contribution is -0.402. The molecule has 8 nitrogen and oxygen atoms in total. The first-order valence-electron chi connectivity index (χ1n) is 5.86.